The number of amides is 1. The van der Waals surface area contributed by atoms with Gasteiger partial charge in [0.25, 0.3) is 5.91 Å². The van der Waals surface area contributed by atoms with Gasteiger partial charge in [-0.3, -0.25) is 4.79 Å². The Morgan fingerprint density at radius 1 is 1.13 bits per heavy atom. The maximum absolute atomic E-state index is 13.9. The average molecular weight is 450 g/mol. The van der Waals surface area contributed by atoms with Crippen LogP contribution in [0.5, 0.6) is 0 Å². The molecule has 2 aromatic rings. The second-order valence-electron chi connectivity index (χ2n) is 7.29. The normalized spacial score (nSPS) is 15.0. The number of rotatable bonds is 7. The number of carbonyl (C=O) groups excluding carboxylic acids is 1. The molecule has 0 aromatic heterocycles. The summed E-state index contributed by atoms with van der Waals surface area (Å²) < 4.78 is 46.8. The third kappa shape index (κ3) is 5.06. The van der Waals surface area contributed by atoms with E-state index in [0.29, 0.717) is 43.2 Å². The molecule has 0 saturated carbocycles. The molecule has 1 heterocycles. The maximum Gasteiger partial charge on any atom is 0.255 e. The highest BCUT2D eigenvalue weighted by molar-refractivity contribution is 7.89. The lowest BCUT2D eigenvalue weighted by molar-refractivity contribution is 0.0730. The van der Waals surface area contributed by atoms with Crippen molar-refractivity contribution in [2.24, 2.45) is 0 Å². The first-order valence-corrected chi connectivity index (χ1v) is 11.8. The van der Waals surface area contributed by atoms with Crippen LogP contribution in [0.3, 0.4) is 0 Å². The topological polar surface area (TPSA) is 79.0 Å². The van der Waals surface area contributed by atoms with E-state index in [-0.39, 0.29) is 23.5 Å². The van der Waals surface area contributed by atoms with E-state index >= 15 is 0 Å². The number of nitrogens with one attached hydrogen (secondary N) is 1. The SMILES string of the molecule is CCN(CC)c1ccc(S(=O)(=O)N2CCOCC2)cc1NC(=O)c1ccc(C)c(F)c1. The zero-order valence-corrected chi connectivity index (χ0v) is 18.8. The van der Waals surface area contributed by atoms with Gasteiger partial charge in [0.15, 0.2) is 0 Å². The molecule has 7 nitrogen and oxygen atoms in total. The standard InChI is InChI=1S/C22H28FN3O4S/c1-4-25(5-2)21-9-8-18(31(28,29)26-10-12-30-13-11-26)15-20(21)24-22(27)17-7-6-16(3)19(23)14-17/h6-9,14-15H,4-5,10-13H2,1-3H3,(H,24,27). The minimum atomic E-state index is -3.73. The summed E-state index contributed by atoms with van der Waals surface area (Å²) in [6.07, 6.45) is 0. The van der Waals surface area contributed by atoms with Crippen molar-refractivity contribution >= 4 is 27.3 Å². The summed E-state index contributed by atoms with van der Waals surface area (Å²) in [6, 6.07) is 8.98. The number of aryl methyl sites for hydroxylation is 1. The van der Waals surface area contributed by atoms with E-state index in [0.717, 1.165) is 0 Å². The van der Waals surface area contributed by atoms with Gasteiger partial charge < -0.3 is 15.0 Å². The summed E-state index contributed by atoms with van der Waals surface area (Å²) in [5.74, 6) is -0.978. The second-order valence-corrected chi connectivity index (χ2v) is 9.22. The molecule has 0 unspecified atom stereocenters. The van der Waals surface area contributed by atoms with E-state index in [2.05, 4.69) is 5.32 Å². The molecular formula is C22H28FN3O4S. The molecular weight excluding hydrogens is 421 g/mol. The molecule has 0 spiro atoms. The van der Waals surface area contributed by atoms with Crippen molar-refractivity contribution in [3.8, 4) is 0 Å². The van der Waals surface area contributed by atoms with Crippen LogP contribution in [-0.2, 0) is 14.8 Å². The lowest BCUT2D eigenvalue weighted by atomic mass is 10.1. The number of hydrogen-bond donors (Lipinski definition) is 1. The molecule has 168 valence electrons. The summed E-state index contributed by atoms with van der Waals surface area (Å²) in [4.78, 5) is 14.9. The van der Waals surface area contributed by atoms with Crippen molar-refractivity contribution < 1.29 is 22.3 Å². The lowest BCUT2D eigenvalue weighted by Gasteiger charge is -2.28. The second kappa shape index (κ2) is 9.76. The molecule has 1 aliphatic heterocycles. The Bertz CT molecular complexity index is 1050. The van der Waals surface area contributed by atoms with Gasteiger partial charge in [-0.2, -0.15) is 4.31 Å². The Balaban J connectivity index is 1.99. The first kappa shape index (κ1) is 23.2. The van der Waals surface area contributed by atoms with Gasteiger partial charge in [0.05, 0.1) is 29.5 Å². The Labute approximate surface area is 182 Å². The fourth-order valence-corrected chi connectivity index (χ4v) is 4.92. The third-order valence-electron chi connectivity index (χ3n) is 5.36. The van der Waals surface area contributed by atoms with Gasteiger partial charge in [-0.25, -0.2) is 12.8 Å². The predicted molar refractivity (Wildman–Crippen MR) is 119 cm³/mol. The molecule has 0 radical (unpaired) electrons. The number of hydrogen-bond acceptors (Lipinski definition) is 5. The van der Waals surface area contributed by atoms with E-state index in [1.165, 1.54) is 22.5 Å². The van der Waals surface area contributed by atoms with Gasteiger partial charge in [-0.15, -0.1) is 0 Å². The molecule has 9 heteroatoms. The van der Waals surface area contributed by atoms with E-state index in [1.54, 1.807) is 25.1 Å². The van der Waals surface area contributed by atoms with Crippen molar-refractivity contribution in [3.05, 3.63) is 53.3 Å². The largest absolute Gasteiger partial charge is 0.379 e. The van der Waals surface area contributed by atoms with E-state index < -0.39 is 21.7 Å². The molecule has 0 aliphatic carbocycles. The van der Waals surface area contributed by atoms with Gasteiger partial charge in [-0.05, 0) is 56.7 Å². The highest BCUT2D eigenvalue weighted by Gasteiger charge is 2.27. The molecule has 0 bridgehead atoms. The molecule has 0 atom stereocenters. The van der Waals surface area contributed by atoms with E-state index in [1.807, 2.05) is 18.7 Å². The van der Waals surface area contributed by atoms with Crippen molar-refractivity contribution in [1.29, 1.82) is 0 Å². The first-order valence-electron chi connectivity index (χ1n) is 10.3. The van der Waals surface area contributed by atoms with Crippen LogP contribution >= 0.6 is 0 Å². The average Bonchev–Trinajstić information content (AvgIpc) is 2.77. The molecule has 1 N–H and O–H groups in total. The van der Waals surface area contributed by atoms with Gasteiger partial charge >= 0.3 is 0 Å². The lowest BCUT2D eigenvalue weighted by Crippen LogP contribution is -2.40. The monoisotopic (exact) mass is 449 g/mol. The summed E-state index contributed by atoms with van der Waals surface area (Å²) in [5, 5.41) is 2.78. The minimum absolute atomic E-state index is 0.0932. The zero-order chi connectivity index (χ0) is 22.6. The highest BCUT2D eigenvalue weighted by Crippen LogP contribution is 2.31. The number of halogens is 1. The molecule has 1 amide bonds. The van der Waals surface area contributed by atoms with E-state index in [9.17, 15) is 17.6 Å². The molecule has 2 aromatic carbocycles. The summed E-state index contributed by atoms with van der Waals surface area (Å²) in [6.45, 7) is 8.18. The minimum Gasteiger partial charge on any atom is -0.379 e. The predicted octanol–water partition coefficient (Wildman–Crippen LogP) is 3.25. The van der Waals surface area contributed by atoms with E-state index in [4.69, 9.17) is 4.74 Å². The highest BCUT2D eigenvalue weighted by atomic mass is 32.2. The van der Waals surface area contributed by atoms with Crippen molar-refractivity contribution in [3.63, 3.8) is 0 Å². The van der Waals surface area contributed by atoms with Crippen LogP contribution in [0.2, 0.25) is 0 Å². The van der Waals surface area contributed by atoms with Crippen LogP contribution in [0.15, 0.2) is 41.3 Å². The van der Waals surface area contributed by atoms with Gasteiger partial charge in [-0.1, -0.05) is 6.07 Å². The molecule has 1 saturated heterocycles. The van der Waals surface area contributed by atoms with Crippen LogP contribution in [0, 0.1) is 12.7 Å². The summed E-state index contributed by atoms with van der Waals surface area (Å²) in [5.41, 5.74) is 1.67. The summed E-state index contributed by atoms with van der Waals surface area (Å²) in [7, 11) is -3.73. The van der Waals surface area contributed by atoms with Crippen LogP contribution in [0.4, 0.5) is 15.8 Å². The number of sulfonamides is 1. The molecule has 1 aliphatic rings. The number of ether oxygens (including phenoxy) is 1. The van der Waals surface area contributed by atoms with Crippen LogP contribution < -0.4 is 10.2 Å². The van der Waals surface area contributed by atoms with Crippen molar-refractivity contribution in [2.45, 2.75) is 25.7 Å². The summed E-state index contributed by atoms with van der Waals surface area (Å²) >= 11 is 0. The van der Waals surface area contributed by atoms with Gasteiger partial charge in [0.1, 0.15) is 5.82 Å². The Hall–Kier alpha value is -2.49. The maximum atomic E-state index is 13.9. The Morgan fingerprint density at radius 2 is 1.81 bits per heavy atom. The van der Waals surface area contributed by atoms with Crippen molar-refractivity contribution in [2.75, 3.05) is 49.6 Å². The van der Waals surface area contributed by atoms with Crippen molar-refractivity contribution in [1.82, 2.24) is 4.31 Å². The third-order valence-corrected chi connectivity index (χ3v) is 7.26. The molecule has 31 heavy (non-hydrogen) atoms. The van der Waals surface area contributed by atoms with Gasteiger partial charge in [0.2, 0.25) is 10.0 Å². The smallest absolute Gasteiger partial charge is 0.255 e. The Kier molecular flexibility index (Phi) is 7.30. The molecule has 1 fully saturated rings. The zero-order valence-electron chi connectivity index (χ0n) is 18.0. The fraction of sp³-hybridized carbons (Fsp3) is 0.409. The van der Waals surface area contributed by atoms with Crippen LogP contribution in [-0.4, -0.2) is 58.0 Å². The number of anilines is 2. The number of benzene rings is 2. The first-order chi connectivity index (χ1) is 14.8. The van der Waals surface area contributed by atoms with Gasteiger partial charge in [0, 0.05) is 31.7 Å². The number of carbonyl (C=O) groups is 1. The number of morpholine rings is 1. The quantitative estimate of drug-likeness (QED) is 0.702. The fourth-order valence-electron chi connectivity index (χ4n) is 3.48. The van der Waals surface area contributed by atoms with Crippen LogP contribution in [0.25, 0.3) is 0 Å². The van der Waals surface area contributed by atoms with Crippen LogP contribution in [0.1, 0.15) is 29.8 Å². The Morgan fingerprint density at radius 3 is 2.42 bits per heavy atom. The number of nitrogens with zero attached hydrogens (tertiary/aromatic N) is 2. The molecule has 3 rings (SSSR count).